The Labute approximate surface area is 138 Å². The smallest absolute Gasteiger partial charge is 0.465 e. The van der Waals surface area contributed by atoms with E-state index in [2.05, 4.69) is 4.74 Å². The molecule has 0 aliphatic carbocycles. The Bertz CT molecular complexity index is 591. The van der Waals surface area contributed by atoms with Gasteiger partial charge in [0.1, 0.15) is 11.8 Å². The number of rotatable bonds is 5. The number of amides is 1. The zero-order chi connectivity index (χ0) is 18.7. The second-order valence-electron chi connectivity index (χ2n) is 6.16. The Morgan fingerprint density at radius 2 is 1.67 bits per heavy atom. The molecule has 0 radical (unpaired) electrons. The van der Waals surface area contributed by atoms with Gasteiger partial charge in [-0.3, -0.25) is 9.69 Å². The average Bonchev–Trinajstić information content (AvgIpc) is 2.41. The van der Waals surface area contributed by atoms with Gasteiger partial charge in [-0.15, -0.1) is 13.2 Å². The van der Waals surface area contributed by atoms with Crippen molar-refractivity contribution in [3.63, 3.8) is 0 Å². The summed E-state index contributed by atoms with van der Waals surface area (Å²) in [4.78, 5) is 24.9. The third-order valence-electron chi connectivity index (χ3n) is 3.27. The quantitative estimate of drug-likeness (QED) is 0.858. The van der Waals surface area contributed by atoms with E-state index in [-0.39, 0.29) is 17.8 Å². The van der Waals surface area contributed by atoms with Crippen molar-refractivity contribution in [2.24, 2.45) is 0 Å². The number of ether oxygens (including phenoxy) is 1. The van der Waals surface area contributed by atoms with Gasteiger partial charge in [0.05, 0.1) is 0 Å². The summed E-state index contributed by atoms with van der Waals surface area (Å²) in [5, 5.41) is 9.49. The molecule has 134 valence electrons. The Kier molecular flexibility index (Phi) is 5.86. The van der Waals surface area contributed by atoms with Crippen LogP contribution in [0.4, 0.5) is 18.0 Å². The second-order valence-corrected chi connectivity index (χ2v) is 6.16. The summed E-state index contributed by atoms with van der Waals surface area (Å²) >= 11 is 0. The lowest BCUT2D eigenvalue weighted by Crippen LogP contribution is -2.49. The Balaban J connectivity index is 3.27. The maximum absolute atomic E-state index is 12.3. The van der Waals surface area contributed by atoms with E-state index in [1.165, 1.54) is 12.1 Å². The lowest BCUT2D eigenvalue weighted by atomic mass is 9.94. The van der Waals surface area contributed by atoms with Crippen LogP contribution in [0.15, 0.2) is 24.3 Å². The summed E-state index contributed by atoms with van der Waals surface area (Å²) in [6, 6.07) is 3.54. The fourth-order valence-electron chi connectivity index (χ4n) is 2.31. The van der Waals surface area contributed by atoms with Crippen molar-refractivity contribution in [2.45, 2.75) is 52.1 Å². The number of carboxylic acid groups (broad SMARTS) is 1. The summed E-state index contributed by atoms with van der Waals surface area (Å²) in [6.45, 7) is 6.51. The molecule has 0 aromatic heterocycles. The number of Topliss-reactive ketones (excluding diaryl/α,β-unsaturated/α-hetero) is 1. The summed E-state index contributed by atoms with van der Waals surface area (Å²) in [6.07, 6.45) is -6.02. The van der Waals surface area contributed by atoms with E-state index in [0.717, 1.165) is 17.0 Å². The van der Waals surface area contributed by atoms with E-state index in [0.29, 0.717) is 0 Å². The molecular weight excluding hydrogens is 327 g/mol. The number of hydrogen-bond acceptors (Lipinski definition) is 3. The molecule has 1 aromatic rings. The van der Waals surface area contributed by atoms with Crippen molar-refractivity contribution in [1.82, 2.24) is 4.90 Å². The zero-order valence-electron chi connectivity index (χ0n) is 13.8. The maximum Gasteiger partial charge on any atom is 0.573 e. The SMILES string of the molecule is CCC(=O)C(c1ccc(OC(F)(F)F)cc1)N(C(=O)O)C(C)(C)C. The summed E-state index contributed by atoms with van der Waals surface area (Å²) in [5.74, 6) is -0.789. The minimum Gasteiger partial charge on any atom is -0.465 e. The minimum atomic E-state index is -4.82. The lowest BCUT2D eigenvalue weighted by molar-refractivity contribution is -0.274. The number of carbonyl (C=O) groups is 2. The van der Waals surface area contributed by atoms with Gasteiger partial charge in [0.15, 0.2) is 5.78 Å². The summed E-state index contributed by atoms with van der Waals surface area (Å²) in [5.41, 5.74) is -0.587. The first kappa shape index (κ1) is 19.8. The number of hydrogen-bond donors (Lipinski definition) is 1. The third kappa shape index (κ3) is 5.14. The van der Waals surface area contributed by atoms with Gasteiger partial charge in [0.25, 0.3) is 0 Å². The highest BCUT2D eigenvalue weighted by Gasteiger charge is 2.38. The molecule has 5 nitrogen and oxygen atoms in total. The van der Waals surface area contributed by atoms with E-state index in [9.17, 15) is 27.9 Å². The number of halogens is 3. The van der Waals surface area contributed by atoms with Gasteiger partial charge in [-0.25, -0.2) is 4.79 Å². The first-order chi connectivity index (χ1) is 10.9. The zero-order valence-corrected chi connectivity index (χ0v) is 13.8. The number of carbonyl (C=O) groups excluding carboxylic acids is 1. The first-order valence-corrected chi connectivity index (χ1v) is 7.27. The molecule has 0 bridgehead atoms. The number of benzene rings is 1. The highest BCUT2D eigenvalue weighted by Crippen LogP contribution is 2.32. The average molecular weight is 347 g/mol. The predicted octanol–water partition coefficient (Wildman–Crippen LogP) is 4.38. The van der Waals surface area contributed by atoms with Crippen LogP contribution < -0.4 is 4.74 Å². The molecule has 0 saturated carbocycles. The Morgan fingerprint density at radius 1 is 1.17 bits per heavy atom. The normalized spacial score (nSPS) is 13.3. The van der Waals surface area contributed by atoms with Gasteiger partial charge in [-0.2, -0.15) is 0 Å². The van der Waals surface area contributed by atoms with Crippen LogP contribution in [0.2, 0.25) is 0 Å². The van der Waals surface area contributed by atoms with Crippen LogP contribution in [0.25, 0.3) is 0 Å². The molecule has 1 N–H and O–H groups in total. The van der Waals surface area contributed by atoms with Crippen molar-refractivity contribution in [2.75, 3.05) is 0 Å². The maximum atomic E-state index is 12.3. The van der Waals surface area contributed by atoms with Crippen LogP contribution in [0.5, 0.6) is 5.75 Å². The van der Waals surface area contributed by atoms with Crippen molar-refractivity contribution >= 4 is 11.9 Å². The molecule has 1 rings (SSSR count). The molecular formula is C16H20F3NO4. The van der Waals surface area contributed by atoms with Crippen molar-refractivity contribution in [1.29, 1.82) is 0 Å². The molecule has 0 spiro atoms. The van der Waals surface area contributed by atoms with Crippen LogP contribution in [0, 0.1) is 0 Å². The van der Waals surface area contributed by atoms with E-state index in [1.807, 2.05) is 0 Å². The molecule has 1 amide bonds. The fraction of sp³-hybridized carbons (Fsp3) is 0.500. The predicted molar refractivity (Wildman–Crippen MR) is 80.8 cm³/mol. The van der Waals surface area contributed by atoms with Crippen molar-refractivity contribution in [3.05, 3.63) is 29.8 Å². The fourth-order valence-corrected chi connectivity index (χ4v) is 2.31. The Hall–Kier alpha value is -2.25. The topological polar surface area (TPSA) is 66.8 Å². The minimum absolute atomic E-state index is 0.0886. The summed E-state index contributed by atoms with van der Waals surface area (Å²) < 4.78 is 40.4. The second kappa shape index (κ2) is 7.11. The Morgan fingerprint density at radius 3 is 2.00 bits per heavy atom. The highest BCUT2D eigenvalue weighted by molar-refractivity contribution is 5.88. The third-order valence-corrected chi connectivity index (χ3v) is 3.27. The van der Waals surface area contributed by atoms with Gasteiger partial charge >= 0.3 is 12.5 Å². The van der Waals surface area contributed by atoms with E-state index in [4.69, 9.17) is 0 Å². The van der Waals surface area contributed by atoms with E-state index >= 15 is 0 Å². The molecule has 24 heavy (non-hydrogen) atoms. The van der Waals surface area contributed by atoms with Gasteiger partial charge < -0.3 is 9.84 Å². The molecule has 0 fully saturated rings. The van der Waals surface area contributed by atoms with Crippen LogP contribution in [0.3, 0.4) is 0 Å². The number of nitrogens with zero attached hydrogens (tertiary/aromatic N) is 1. The molecule has 8 heteroatoms. The summed E-state index contributed by atoms with van der Waals surface area (Å²) in [7, 11) is 0. The van der Waals surface area contributed by atoms with E-state index in [1.54, 1.807) is 27.7 Å². The first-order valence-electron chi connectivity index (χ1n) is 7.27. The van der Waals surface area contributed by atoms with Crippen molar-refractivity contribution in [3.8, 4) is 5.75 Å². The molecule has 0 saturated heterocycles. The van der Waals surface area contributed by atoms with Gasteiger partial charge in [-0.05, 0) is 38.5 Å². The van der Waals surface area contributed by atoms with Crippen LogP contribution in [-0.2, 0) is 4.79 Å². The van der Waals surface area contributed by atoms with Gasteiger partial charge in [0.2, 0.25) is 0 Å². The molecule has 0 aliphatic rings. The largest absolute Gasteiger partial charge is 0.573 e. The number of ketones is 1. The van der Waals surface area contributed by atoms with Crippen LogP contribution in [0.1, 0.15) is 45.7 Å². The highest BCUT2D eigenvalue weighted by atomic mass is 19.4. The number of alkyl halides is 3. The van der Waals surface area contributed by atoms with Gasteiger partial charge in [0, 0.05) is 12.0 Å². The van der Waals surface area contributed by atoms with Crippen LogP contribution >= 0.6 is 0 Å². The molecule has 1 unspecified atom stereocenters. The molecule has 1 aromatic carbocycles. The van der Waals surface area contributed by atoms with Crippen LogP contribution in [-0.4, -0.2) is 33.8 Å². The molecule has 0 aliphatic heterocycles. The molecule has 0 heterocycles. The van der Waals surface area contributed by atoms with E-state index < -0.39 is 29.8 Å². The van der Waals surface area contributed by atoms with Crippen molar-refractivity contribution < 1.29 is 32.6 Å². The standard InChI is InChI=1S/C16H20F3NO4/c1-5-12(21)13(20(14(22)23)15(2,3)4)10-6-8-11(9-7-10)24-16(17,18)19/h6-9,13H,5H2,1-4H3,(H,22,23). The molecule has 1 atom stereocenters. The monoisotopic (exact) mass is 347 g/mol. The van der Waals surface area contributed by atoms with Gasteiger partial charge in [-0.1, -0.05) is 19.1 Å². The lowest BCUT2D eigenvalue weighted by Gasteiger charge is -2.39.